The first-order valence-electron chi connectivity index (χ1n) is 35.4. The Morgan fingerprint density at radius 2 is 0.770 bits per heavy atom. The number of ether oxygens (including phenoxy) is 2. The van der Waals surface area contributed by atoms with Crippen LogP contribution in [0.4, 0.5) is 8.78 Å². The quantitative estimate of drug-likeness (QED) is 0.0551. The Bertz CT molecular complexity index is 4200. The van der Waals surface area contributed by atoms with E-state index in [-0.39, 0.29) is 43.1 Å². The molecule has 0 radical (unpaired) electrons. The van der Waals surface area contributed by atoms with Crippen molar-refractivity contribution in [1.29, 1.82) is 0 Å². The van der Waals surface area contributed by atoms with Gasteiger partial charge in [0.05, 0.1) is 66.9 Å². The minimum absolute atomic E-state index is 0.00327. The summed E-state index contributed by atoms with van der Waals surface area (Å²) in [5, 5.41) is 23.0. The van der Waals surface area contributed by atoms with Crippen LogP contribution in [0, 0.1) is 32.4 Å². The van der Waals surface area contributed by atoms with Gasteiger partial charge in [0.15, 0.2) is 11.6 Å². The first kappa shape index (κ1) is 73.3. The van der Waals surface area contributed by atoms with Crippen molar-refractivity contribution in [3.8, 4) is 0 Å². The van der Waals surface area contributed by atoms with E-state index in [1.54, 1.807) is 51.0 Å². The van der Waals surface area contributed by atoms with Gasteiger partial charge in [-0.3, -0.25) is 43.4 Å². The molecule has 1 N–H and O–H groups in total. The van der Waals surface area contributed by atoms with Crippen LogP contribution in [-0.2, 0) is 101 Å². The highest BCUT2D eigenvalue weighted by Gasteiger charge is 2.28. The Morgan fingerprint density at radius 1 is 0.440 bits per heavy atom. The van der Waals surface area contributed by atoms with E-state index in [1.165, 1.54) is 99.7 Å². The third-order valence-corrected chi connectivity index (χ3v) is 17.9. The zero-order chi connectivity index (χ0) is 70.9. The second-order valence-corrected chi connectivity index (χ2v) is 28.4. The standard InChI is InChI=1S/C27H34FN5O2.C27H35N5O2.C23H26FN5O2/c1-18-29-15-20(16-30-18)25(14-26(34)35-27(2,3)4)33-17-22(28)24(32-33)11-7-9-21-13-12-19-8-5-6-10-23(19)31-21;1-19-28-17-21(18-29-19)25(16-26(33)34-27(2,3)4)32-15-14-23(31-32)10-7-9-22-13-12-20-8-5-6-11-24(20)30-22;1-15-25-12-17(13-26-15)22(11-23(30)31)29-14-19(24)21(28-29)8-4-6-18-10-9-16-5-2-3-7-20(16)27-18/h12-13,15-17,25H,5-11,14H2,1-4H3;12-15,17-18,25H,5-11,16H2,1-4H3;9-10,12-14,22H,2-8,11H2,1H3,(H,30,31)/t2*25-;22-/m111/s1. The van der Waals surface area contributed by atoms with Gasteiger partial charge in [0.25, 0.3) is 0 Å². The number of aromatic nitrogens is 15. The Morgan fingerprint density at radius 3 is 1.13 bits per heavy atom. The van der Waals surface area contributed by atoms with Crippen LogP contribution in [0.5, 0.6) is 0 Å². The van der Waals surface area contributed by atoms with Crippen molar-refractivity contribution in [1.82, 2.24) is 74.2 Å². The smallest absolute Gasteiger partial charge is 0.308 e. The molecule has 0 spiro atoms. The number of nitrogens with zero attached hydrogens (tertiary/aromatic N) is 15. The molecule has 0 bridgehead atoms. The van der Waals surface area contributed by atoms with E-state index in [2.05, 4.69) is 76.5 Å². The van der Waals surface area contributed by atoms with Crippen LogP contribution in [0.3, 0.4) is 0 Å². The van der Waals surface area contributed by atoms with Crippen molar-refractivity contribution in [2.45, 2.75) is 246 Å². The number of pyridine rings is 3. The fourth-order valence-electron chi connectivity index (χ4n) is 12.8. The molecule has 0 saturated heterocycles. The number of rotatable bonds is 24. The molecule has 12 rings (SSSR count). The van der Waals surface area contributed by atoms with E-state index >= 15 is 0 Å². The molecule has 0 saturated carbocycles. The number of carbonyl (C=O) groups is 3. The van der Waals surface area contributed by atoms with Crippen LogP contribution >= 0.6 is 0 Å². The second kappa shape index (κ2) is 34.1. The molecule has 0 aromatic carbocycles. The van der Waals surface area contributed by atoms with Crippen molar-refractivity contribution in [2.24, 2.45) is 0 Å². The van der Waals surface area contributed by atoms with Crippen LogP contribution in [0.25, 0.3) is 0 Å². The molecular weight excluding hydrogens is 1270 g/mol. The first-order chi connectivity index (χ1) is 47.9. The molecule has 0 fully saturated rings. The predicted molar refractivity (Wildman–Crippen MR) is 373 cm³/mol. The van der Waals surface area contributed by atoms with Gasteiger partial charge >= 0.3 is 17.9 Å². The molecule has 0 unspecified atom stereocenters. The van der Waals surface area contributed by atoms with Gasteiger partial charge in [-0.2, -0.15) is 15.3 Å². The summed E-state index contributed by atoms with van der Waals surface area (Å²) in [6.07, 6.45) is 35.1. The number of halogens is 2. The van der Waals surface area contributed by atoms with Gasteiger partial charge in [0, 0.05) is 94.2 Å². The number of aryl methyl sites for hydroxylation is 15. The molecule has 23 heteroatoms. The Kier molecular flexibility index (Phi) is 25.0. The van der Waals surface area contributed by atoms with Crippen LogP contribution in [-0.4, -0.2) is 108 Å². The minimum atomic E-state index is -0.999. The van der Waals surface area contributed by atoms with E-state index in [9.17, 15) is 28.3 Å². The number of hydrogen-bond donors (Lipinski definition) is 1. The molecule has 3 aliphatic rings. The molecule has 0 amide bonds. The Balaban J connectivity index is 0.000000162. The summed E-state index contributed by atoms with van der Waals surface area (Å²) in [4.78, 5) is 76.5. The van der Waals surface area contributed by atoms with Gasteiger partial charge in [-0.05, 0) is 238 Å². The van der Waals surface area contributed by atoms with Crippen molar-refractivity contribution >= 4 is 17.9 Å². The third-order valence-electron chi connectivity index (χ3n) is 17.9. The molecule has 100 heavy (non-hydrogen) atoms. The highest BCUT2D eigenvalue weighted by molar-refractivity contribution is 5.71. The maximum Gasteiger partial charge on any atom is 0.308 e. The maximum absolute atomic E-state index is 14.9. The SMILES string of the molecule is Cc1ncc([C@@H](CC(=O)O)n2cc(F)c(CCCc3ccc4c(n3)CCCC4)n2)cn1.Cc1ncc([C@@H](CC(=O)OC(C)(C)C)n2cc(F)c(CCCc3ccc4c(n3)CCCC4)n2)cn1.Cc1ncc([C@@H](CC(=O)OC(C)(C)C)n2ccc(CCCc3ccc4c(n3)CCCC4)n2)cn1. The molecule has 3 aliphatic carbocycles. The predicted octanol–water partition coefficient (Wildman–Crippen LogP) is 13.3. The van der Waals surface area contributed by atoms with E-state index < -0.39 is 35.1 Å². The number of fused-ring (bicyclic) bond motifs is 3. The highest BCUT2D eigenvalue weighted by atomic mass is 19.1. The highest BCUT2D eigenvalue weighted by Crippen LogP contribution is 2.29. The average Bonchev–Trinajstić information content (AvgIpc) is 1.65. The summed E-state index contributed by atoms with van der Waals surface area (Å²) in [5.41, 5.74) is 13.7. The Labute approximate surface area is 584 Å². The number of carboxylic acid groups (broad SMARTS) is 1. The van der Waals surface area contributed by atoms with Crippen molar-refractivity contribution < 1.29 is 37.7 Å². The van der Waals surface area contributed by atoms with Crippen LogP contribution < -0.4 is 0 Å². The van der Waals surface area contributed by atoms with E-state index in [0.29, 0.717) is 52.8 Å². The number of esters is 2. The lowest BCUT2D eigenvalue weighted by Gasteiger charge is -2.22. The average molecular weight is 1360 g/mol. The van der Waals surface area contributed by atoms with E-state index in [0.717, 1.165) is 106 Å². The molecule has 0 aliphatic heterocycles. The van der Waals surface area contributed by atoms with Gasteiger partial charge < -0.3 is 14.6 Å². The summed E-state index contributed by atoms with van der Waals surface area (Å²) in [5.74, 6) is -0.577. The minimum Gasteiger partial charge on any atom is -0.481 e. The normalized spacial score (nSPS) is 14.4. The monoisotopic (exact) mass is 1360 g/mol. The summed E-state index contributed by atoms with van der Waals surface area (Å²) < 4.78 is 45.2. The number of hydrogen-bond acceptors (Lipinski definition) is 17. The van der Waals surface area contributed by atoms with Crippen LogP contribution in [0.2, 0.25) is 0 Å². The summed E-state index contributed by atoms with van der Waals surface area (Å²) in [7, 11) is 0. The number of aliphatic carboxylic acids is 1. The Hall–Kier alpha value is -9.41. The lowest BCUT2D eigenvalue weighted by molar-refractivity contribution is -0.156. The zero-order valence-electron chi connectivity index (χ0n) is 59.4. The molecule has 9 aromatic rings. The number of carboxylic acids is 1. The molecule has 21 nitrogen and oxygen atoms in total. The largest absolute Gasteiger partial charge is 0.481 e. The van der Waals surface area contributed by atoms with Gasteiger partial charge in [0.2, 0.25) is 0 Å². The molecule has 9 heterocycles. The summed E-state index contributed by atoms with van der Waals surface area (Å²) >= 11 is 0. The maximum atomic E-state index is 14.9. The van der Waals surface area contributed by atoms with Gasteiger partial charge in [-0.1, -0.05) is 18.2 Å². The van der Waals surface area contributed by atoms with Crippen LogP contribution in [0.1, 0.15) is 239 Å². The van der Waals surface area contributed by atoms with E-state index in [1.807, 2.05) is 65.4 Å². The van der Waals surface area contributed by atoms with Crippen LogP contribution in [0.15, 0.2) is 98.2 Å². The third kappa shape index (κ3) is 21.6. The molecular formula is C77H95F2N15O6. The zero-order valence-corrected chi connectivity index (χ0v) is 59.4. The fraction of sp³-hybridized carbons (Fsp3) is 0.494. The van der Waals surface area contributed by atoms with Gasteiger partial charge in [-0.25, -0.2) is 38.7 Å². The molecule has 3 atom stereocenters. The molecule has 528 valence electrons. The summed E-state index contributed by atoms with van der Waals surface area (Å²) in [6.45, 7) is 16.5. The second-order valence-electron chi connectivity index (χ2n) is 28.4. The van der Waals surface area contributed by atoms with Crippen molar-refractivity contribution in [3.05, 3.63) is 212 Å². The van der Waals surface area contributed by atoms with Crippen molar-refractivity contribution in [2.75, 3.05) is 0 Å². The van der Waals surface area contributed by atoms with E-state index in [4.69, 9.17) is 29.5 Å². The summed E-state index contributed by atoms with van der Waals surface area (Å²) in [6, 6.07) is 13.5. The number of carbonyl (C=O) groups excluding carboxylic acids is 2. The lowest BCUT2D eigenvalue weighted by atomic mass is 9.95. The fourth-order valence-corrected chi connectivity index (χ4v) is 12.8. The lowest BCUT2D eigenvalue weighted by Crippen LogP contribution is -2.26. The first-order valence-corrected chi connectivity index (χ1v) is 35.4. The van der Waals surface area contributed by atoms with Crippen molar-refractivity contribution in [3.63, 3.8) is 0 Å². The topological polar surface area (TPSA) is 259 Å². The van der Waals surface area contributed by atoms with Gasteiger partial charge in [0.1, 0.15) is 28.7 Å². The van der Waals surface area contributed by atoms with Gasteiger partial charge in [-0.15, -0.1) is 0 Å². The molecule has 9 aromatic heterocycles.